The quantitative estimate of drug-likeness (QED) is 0.189. The zero-order chi connectivity index (χ0) is 35.1. The number of nitrogens with one attached hydrogen (secondary N) is 1. The van der Waals surface area contributed by atoms with Gasteiger partial charge in [-0.2, -0.15) is 18.3 Å². The first kappa shape index (κ1) is 33.5. The lowest BCUT2D eigenvalue weighted by Gasteiger charge is -2.35. The molecule has 1 aliphatic rings. The van der Waals surface area contributed by atoms with Crippen LogP contribution in [-0.2, 0) is 17.5 Å². The van der Waals surface area contributed by atoms with Crippen molar-refractivity contribution in [3.05, 3.63) is 89.5 Å². The number of hydrogen-bond acceptors (Lipinski definition) is 8. The number of nitrogens with zero attached hydrogens (tertiary/aromatic N) is 5. The van der Waals surface area contributed by atoms with Crippen LogP contribution >= 0.6 is 0 Å². The Balaban J connectivity index is 1.19. The summed E-state index contributed by atoms with van der Waals surface area (Å²) in [5, 5.41) is 9.94. The SMILES string of the molecule is CC(C)(C)OC(=O)N1CCN(Cc2ccccc2-c2ccc(NC(=O)c3cc(C(F)(F)F)nn3-c3ccc4onc(N)c4c3)c(F)c2)CC1. The number of piperazine rings is 1. The highest BCUT2D eigenvalue weighted by molar-refractivity contribution is 6.04. The summed E-state index contributed by atoms with van der Waals surface area (Å²) in [6.45, 7) is 8.29. The van der Waals surface area contributed by atoms with Crippen LogP contribution in [0.1, 0.15) is 42.5 Å². The van der Waals surface area contributed by atoms with Gasteiger partial charge in [0, 0.05) is 38.8 Å². The first-order valence-corrected chi connectivity index (χ1v) is 15.4. The van der Waals surface area contributed by atoms with E-state index in [2.05, 4.69) is 20.5 Å². The zero-order valence-corrected chi connectivity index (χ0v) is 26.8. The summed E-state index contributed by atoms with van der Waals surface area (Å²) in [4.78, 5) is 29.7. The number of hydrogen-bond donors (Lipinski definition) is 2. The normalized spacial score (nSPS) is 14.3. The smallest absolute Gasteiger partial charge is 0.435 e. The third kappa shape index (κ3) is 7.36. The second-order valence-electron chi connectivity index (χ2n) is 12.6. The number of benzene rings is 3. The fourth-order valence-electron chi connectivity index (χ4n) is 5.52. The molecule has 15 heteroatoms. The van der Waals surface area contributed by atoms with Gasteiger partial charge in [0.25, 0.3) is 5.91 Å². The maximum Gasteiger partial charge on any atom is 0.435 e. The van der Waals surface area contributed by atoms with E-state index in [0.29, 0.717) is 55.3 Å². The van der Waals surface area contributed by atoms with Crippen molar-refractivity contribution in [2.75, 3.05) is 37.2 Å². The summed E-state index contributed by atoms with van der Waals surface area (Å²) in [6.07, 6.45) is -5.20. The molecule has 0 atom stereocenters. The predicted molar refractivity (Wildman–Crippen MR) is 173 cm³/mol. The molecule has 0 aliphatic carbocycles. The van der Waals surface area contributed by atoms with Crippen molar-refractivity contribution in [1.29, 1.82) is 0 Å². The van der Waals surface area contributed by atoms with E-state index in [-0.39, 0.29) is 23.3 Å². The maximum atomic E-state index is 15.5. The van der Waals surface area contributed by atoms with Crippen molar-refractivity contribution < 1.29 is 36.4 Å². The van der Waals surface area contributed by atoms with E-state index in [1.165, 1.54) is 30.3 Å². The van der Waals surface area contributed by atoms with E-state index in [1.807, 2.05) is 45.0 Å². The van der Waals surface area contributed by atoms with E-state index in [0.717, 1.165) is 15.8 Å². The van der Waals surface area contributed by atoms with Crippen LogP contribution in [0, 0.1) is 5.82 Å². The minimum Gasteiger partial charge on any atom is -0.444 e. The molecule has 0 unspecified atom stereocenters. The molecule has 6 rings (SSSR count). The molecule has 0 saturated carbocycles. The summed E-state index contributed by atoms with van der Waals surface area (Å²) in [7, 11) is 0. The third-order valence-electron chi connectivity index (χ3n) is 7.92. The summed E-state index contributed by atoms with van der Waals surface area (Å²) in [6, 6.07) is 16.6. The lowest BCUT2D eigenvalue weighted by Crippen LogP contribution is -2.49. The summed E-state index contributed by atoms with van der Waals surface area (Å²) in [5.74, 6) is -1.79. The van der Waals surface area contributed by atoms with Crippen molar-refractivity contribution >= 4 is 34.5 Å². The van der Waals surface area contributed by atoms with Gasteiger partial charge < -0.3 is 25.2 Å². The highest BCUT2D eigenvalue weighted by atomic mass is 19.4. The zero-order valence-electron chi connectivity index (χ0n) is 26.8. The molecular formula is C34H33F4N7O4. The molecule has 1 aliphatic heterocycles. The number of nitrogen functional groups attached to an aromatic ring is 1. The van der Waals surface area contributed by atoms with Gasteiger partial charge in [-0.3, -0.25) is 9.69 Å². The molecule has 11 nitrogen and oxygen atoms in total. The molecule has 49 heavy (non-hydrogen) atoms. The van der Waals surface area contributed by atoms with Crippen LogP contribution in [0.25, 0.3) is 27.8 Å². The lowest BCUT2D eigenvalue weighted by molar-refractivity contribution is -0.141. The van der Waals surface area contributed by atoms with Crippen LogP contribution < -0.4 is 11.1 Å². The van der Waals surface area contributed by atoms with Crippen LogP contribution in [0.15, 0.2) is 71.3 Å². The summed E-state index contributed by atoms with van der Waals surface area (Å²) < 4.78 is 67.9. The number of aromatic nitrogens is 3. The Morgan fingerprint density at radius 3 is 2.41 bits per heavy atom. The summed E-state index contributed by atoms with van der Waals surface area (Å²) in [5.41, 5.74) is 5.81. The molecule has 5 aromatic rings. The van der Waals surface area contributed by atoms with Gasteiger partial charge in [-0.05, 0) is 67.8 Å². The average Bonchev–Trinajstić information content (AvgIpc) is 3.66. The molecule has 1 fully saturated rings. The average molecular weight is 680 g/mol. The molecule has 0 spiro atoms. The van der Waals surface area contributed by atoms with Crippen molar-refractivity contribution in [3.63, 3.8) is 0 Å². The van der Waals surface area contributed by atoms with E-state index in [4.69, 9.17) is 15.0 Å². The van der Waals surface area contributed by atoms with Crippen LogP contribution in [-0.4, -0.2) is 68.5 Å². The number of carbonyl (C=O) groups is 2. The highest BCUT2D eigenvalue weighted by Crippen LogP contribution is 2.32. The minimum absolute atomic E-state index is 0.00977. The van der Waals surface area contributed by atoms with Gasteiger partial charge in [-0.1, -0.05) is 35.5 Å². The standard InChI is InChI=1S/C34H33F4N7O4/c1-33(2,3)48-32(47)44-14-12-43(13-15-44)19-21-6-4-5-7-23(21)20-8-10-26(25(35)16-20)40-31(46)27-18-29(34(36,37)38)41-45(27)22-9-11-28-24(17-22)30(39)42-49-28/h4-11,16-18H,12-15,19H2,1-3H3,(H2,39,42)(H,40,46). The number of rotatable bonds is 6. The van der Waals surface area contributed by atoms with Crippen molar-refractivity contribution in [2.45, 2.75) is 39.1 Å². The Kier molecular flexibility index (Phi) is 8.79. The topological polar surface area (TPSA) is 132 Å². The molecule has 1 saturated heterocycles. The number of ether oxygens (including phenoxy) is 1. The van der Waals surface area contributed by atoms with Crippen molar-refractivity contribution in [3.8, 4) is 16.8 Å². The third-order valence-corrected chi connectivity index (χ3v) is 7.92. The van der Waals surface area contributed by atoms with Crippen LogP contribution in [0.3, 0.4) is 0 Å². The van der Waals surface area contributed by atoms with Gasteiger partial charge in [0.15, 0.2) is 17.1 Å². The molecule has 0 bridgehead atoms. The van der Waals surface area contributed by atoms with Gasteiger partial charge in [0.2, 0.25) is 0 Å². The number of nitrogens with two attached hydrogens (primary N) is 1. The maximum absolute atomic E-state index is 15.5. The van der Waals surface area contributed by atoms with Gasteiger partial charge in [0.05, 0.1) is 16.8 Å². The number of amides is 2. The molecular weight excluding hydrogens is 646 g/mol. The van der Waals surface area contributed by atoms with E-state index < -0.39 is 34.9 Å². The van der Waals surface area contributed by atoms with Crippen molar-refractivity contribution in [1.82, 2.24) is 24.7 Å². The Bertz CT molecular complexity index is 2020. The Morgan fingerprint density at radius 2 is 1.71 bits per heavy atom. The van der Waals surface area contributed by atoms with Crippen LogP contribution in [0.4, 0.5) is 33.9 Å². The van der Waals surface area contributed by atoms with Gasteiger partial charge >= 0.3 is 12.3 Å². The number of fused-ring (bicyclic) bond motifs is 1. The fraction of sp³-hybridized carbons (Fsp3) is 0.294. The molecule has 0 radical (unpaired) electrons. The lowest BCUT2D eigenvalue weighted by atomic mass is 9.98. The number of alkyl halides is 3. The van der Waals surface area contributed by atoms with E-state index >= 15 is 4.39 Å². The number of halogens is 4. The Morgan fingerprint density at radius 1 is 0.980 bits per heavy atom. The Hall–Kier alpha value is -5.44. The number of anilines is 2. The molecule has 2 aromatic heterocycles. The van der Waals surface area contributed by atoms with Gasteiger partial charge in [0.1, 0.15) is 17.1 Å². The van der Waals surface area contributed by atoms with Crippen molar-refractivity contribution in [2.24, 2.45) is 0 Å². The first-order chi connectivity index (χ1) is 23.2. The van der Waals surface area contributed by atoms with Crippen LogP contribution in [0.5, 0.6) is 0 Å². The number of carbonyl (C=O) groups excluding carboxylic acids is 2. The molecule has 3 heterocycles. The fourth-order valence-corrected chi connectivity index (χ4v) is 5.52. The molecule has 3 N–H and O–H groups in total. The molecule has 3 aromatic carbocycles. The second kappa shape index (κ2) is 12.9. The van der Waals surface area contributed by atoms with E-state index in [1.54, 1.807) is 11.0 Å². The second-order valence-corrected chi connectivity index (χ2v) is 12.6. The Labute approximate surface area is 278 Å². The highest BCUT2D eigenvalue weighted by Gasteiger charge is 2.36. The molecule has 2 amide bonds. The predicted octanol–water partition coefficient (Wildman–Crippen LogP) is 6.73. The van der Waals surface area contributed by atoms with E-state index in [9.17, 15) is 22.8 Å². The van der Waals surface area contributed by atoms with Gasteiger partial charge in [-0.25, -0.2) is 13.9 Å². The first-order valence-electron chi connectivity index (χ1n) is 15.4. The minimum atomic E-state index is -4.85. The molecule has 256 valence electrons. The van der Waals surface area contributed by atoms with Gasteiger partial charge in [-0.15, -0.1) is 0 Å². The largest absolute Gasteiger partial charge is 0.444 e. The summed E-state index contributed by atoms with van der Waals surface area (Å²) >= 11 is 0. The monoisotopic (exact) mass is 679 g/mol. The van der Waals surface area contributed by atoms with Crippen LogP contribution in [0.2, 0.25) is 0 Å².